The summed E-state index contributed by atoms with van der Waals surface area (Å²) in [6.07, 6.45) is 0. The molecule has 0 aliphatic carbocycles. The van der Waals surface area contributed by atoms with Gasteiger partial charge in [0.2, 0.25) is 0 Å². The van der Waals surface area contributed by atoms with Crippen LogP contribution in [0.25, 0.3) is 0 Å². The van der Waals surface area contributed by atoms with Crippen molar-refractivity contribution in [3.8, 4) is 0 Å². The van der Waals surface area contributed by atoms with Crippen molar-refractivity contribution in [2.45, 2.75) is 6.04 Å². The SMILES string of the molecule is NC(=O)N1CC2CN=NC2C1. The van der Waals surface area contributed by atoms with Crippen LogP contribution >= 0.6 is 0 Å². The summed E-state index contributed by atoms with van der Waals surface area (Å²) in [5.41, 5.74) is 5.12. The second-order valence-corrected chi connectivity index (χ2v) is 3.01. The van der Waals surface area contributed by atoms with Gasteiger partial charge in [0, 0.05) is 19.0 Å². The van der Waals surface area contributed by atoms with Gasteiger partial charge in [0.15, 0.2) is 0 Å². The van der Waals surface area contributed by atoms with Crippen LogP contribution in [0.4, 0.5) is 4.79 Å². The Morgan fingerprint density at radius 1 is 1.55 bits per heavy atom. The fraction of sp³-hybridized carbons (Fsp3) is 0.833. The maximum atomic E-state index is 10.7. The quantitative estimate of drug-likeness (QED) is 0.517. The topological polar surface area (TPSA) is 71.1 Å². The lowest BCUT2D eigenvalue weighted by atomic mass is 10.1. The molecule has 11 heavy (non-hydrogen) atoms. The second kappa shape index (κ2) is 2.18. The van der Waals surface area contributed by atoms with Gasteiger partial charge in [0.25, 0.3) is 0 Å². The Balaban J connectivity index is 2.04. The molecular weight excluding hydrogens is 144 g/mol. The number of carbonyl (C=O) groups excluding carboxylic acids is 1. The third-order valence-electron chi connectivity index (χ3n) is 2.26. The first-order valence-electron chi connectivity index (χ1n) is 3.68. The monoisotopic (exact) mass is 154 g/mol. The number of likely N-dealkylation sites (tertiary alicyclic amines) is 1. The van der Waals surface area contributed by atoms with Crippen LogP contribution in [0.1, 0.15) is 0 Å². The van der Waals surface area contributed by atoms with Crippen molar-refractivity contribution in [1.82, 2.24) is 4.90 Å². The minimum Gasteiger partial charge on any atom is -0.351 e. The number of nitrogens with zero attached hydrogens (tertiary/aromatic N) is 3. The van der Waals surface area contributed by atoms with Gasteiger partial charge in [-0.25, -0.2) is 4.79 Å². The van der Waals surface area contributed by atoms with Crippen LogP contribution in [0.2, 0.25) is 0 Å². The molecule has 0 aromatic carbocycles. The molecule has 1 fully saturated rings. The van der Waals surface area contributed by atoms with Gasteiger partial charge in [-0.2, -0.15) is 10.2 Å². The van der Waals surface area contributed by atoms with E-state index in [1.54, 1.807) is 4.90 Å². The summed E-state index contributed by atoms with van der Waals surface area (Å²) < 4.78 is 0. The Bertz CT molecular complexity index is 215. The van der Waals surface area contributed by atoms with E-state index in [2.05, 4.69) is 10.2 Å². The molecular formula is C6H10N4O. The summed E-state index contributed by atoms with van der Waals surface area (Å²) in [4.78, 5) is 12.3. The highest BCUT2D eigenvalue weighted by Crippen LogP contribution is 2.24. The summed E-state index contributed by atoms with van der Waals surface area (Å²) in [7, 11) is 0. The predicted molar refractivity (Wildman–Crippen MR) is 38.2 cm³/mol. The van der Waals surface area contributed by atoms with Gasteiger partial charge in [-0.3, -0.25) is 0 Å². The molecule has 2 amide bonds. The molecule has 0 bridgehead atoms. The fourth-order valence-corrected chi connectivity index (χ4v) is 1.60. The van der Waals surface area contributed by atoms with Crippen LogP contribution in [0, 0.1) is 5.92 Å². The third kappa shape index (κ3) is 0.961. The van der Waals surface area contributed by atoms with Crippen LogP contribution in [0.15, 0.2) is 10.2 Å². The van der Waals surface area contributed by atoms with E-state index in [0.717, 1.165) is 13.1 Å². The van der Waals surface area contributed by atoms with E-state index < -0.39 is 0 Å². The molecule has 0 saturated carbocycles. The van der Waals surface area contributed by atoms with Crippen molar-refractivity contribution in [3.05, 3.63) is 0 Å². The third-order valence-corrected chi connectivity index (χ3v) is 2.26. The van der Waals surface area contributed by atoms with Crippen LogP contribution in [-0.2, 0) is 0 Å². The van der Waals surface area contributed by atoms with Crippen molar-refractivity contribution in [1.29, 1.82) is 0 Å². The van der Waals surface area contributed by atoms with E-state index >= 15 is 0 Å². The Labute approximate surface area is 64.3 Å². The van der Waals surface area contributed by atoms with Gasteiger partial charge >= 0.3 is 6.03 Å². The number of amides is 2. The zero-order chi connectivity index (χ0) is 7.84. The van der Waals surface area contributed by atoms with E-state index in [0.29, 0.717) is 12.5 Å². The lowest BCUT2D eigenvalue weighted by Gasteiger charge is -2.11. The standard InChI is InChI=1S/C6H10N4O/c7-6(11)10-2-4-1-8-9-5(4)3-10/h4-5H,1-3H2,(H2,7,11). The summed E-state index contributed by atoms with van der Waals surface area (Å²) in [5, 5.41) is 7.91. The Hall–Kier alpha value is -1.13. The number of hydrogen-bond acceptors (Lipinski definition) is 3. The van der Waals surface area contributed by atoms with Crippen LogP contribution < -0.4 is 5.73 Å². The highest BCUT2D eigenvalue weighted by atomic mass is 16.2. The zero-order valence-corrected chi connectivity index (χ0v) is 6.10. The molecule has 2 aliphatic heterocycles. The number of rotatable bonds is 0. The van der Waals surface area contributed by atoms with Gasteiger partial charge in [-0.15, -0.1) is 0 Å². The largest absolute Gasteiger partial charge is 0.351 e. The molecule has 2 heterocycles. The van der Waals surface area contributed by atoms with Gasteiger partial charge in [0.1, 0.15) is 0 Å². The van der Waals surface area contributed by atoms with E-state index in [-0.39, 0.29) is 12.1 Å². The van der Waals surface area contributed by atoms with Crippen molar-refractivity contribution < 1.29 is 4.79 Å². The molecule has 1 saturated heterocycles. The maximum absolute atomic E-state index is 10.7. The second-order valence-electron chi connectivity index (χ2n) is 3.01. The molecule has 2 unspecified atom stereocenters. The van der Waals surface area contributed by atoms with Gasteiger partial charge in [0.05, 0.1) is 12.6 Å². The number of urea groups is 1. The number of primary amides is 1. The van der Waals surface area contributed by atoms with Crippen molar-refractivity contribution >= 4 is 6.03 Å². The molecule has 2 aliphatic rings. The molecule has 0 spiro atoms. The lowest BCUT2D eigenvalue weighted by Crippen LogP contribution is -2.34. The predicted octanol–water partition coefficient (Wildman–Crippen LogP) is -0.169. The van der Waals surface area contributed by atoms with E-state index in [1.165, 1.54) is 0 Å². The number of nitrogens with two attached hydrogens (primary N) is 1. The molecule has 5 heteroatoms. The summed E-state index contributed by atoms with van der Waals surface area (Å²) >= 11 is 0. The Morgan fingerprint density at radius 2 is 2.36 bits per heavy atom. The molecule has 0 radical (unpaired) electrons. The summed E-state index contributed by atoms with van der Waals surface area (Å²) in [6.45, 7) is 2.14. The van der Waals surface area contributed by atoms with E-state index in [1.807, 2.05) is 0 Å². The van der Waals surface area contributed by atoms with Gasteiger partial charge in [-0.1, -0.05) is 0 Å². The molecule has 2 N–H and O–H groups in total. The lowest BCUT2D eigenvalue weighted by molar-refractivity contribution is 0.216. The Morgan fingerprint density at radius 3 is 3.00 bits per heavy atom. The van der Waals surface area contributed by atoms with Crippen molar-refractivity contribution in [3.63, 3.8) is 0 Å². The average molecular weight is 154 g/mol. The Kier molecular flexibility index (Phi) is 1.30. The van der Waals surface area contributed by atoms with Crippen molar-refractivity contribution in [2.75, 3.05) is 19.6 Å². The van der Waals surface area contributed by atoms with Gasteiger partial charge in [-0.05, 0) is 0 Å². The zero-order valence-electron chi connectivity index (χ0n) is 6.10. The minimum absolute atomic E-state index is 0.225. The molecule has 0 aromatic rings. The average Bonchev–Trinajstić information content (AvgIpc) is 2.40. The number of carbonyl (C=O) groups is 1. The smallest absolute Gasteiger partial charge is 0.314 e. The normalized spacial score (nSPS) is 34.4. The molecule has 0 aromatic heterocycles. The molecule has 2 atom stereocenters. The first-order valence-corrected chi connectivity index (χ1v) is 3.68. The fourth-order valence-electron chi connectivity index (χ4n) is 1.60. The molecule has 60 valence electrons. The summed E-state index contributed by atoms with van der Waals surface area (Å²) in [6, 6.07) is -0.114. The van der Waals surface area contributed by atoms with E-state index in [9.17, 15) is 4.79 Å². The van der Waals surface area contributed by atoms with Gasteiger partial charge < -0.3 is 10.6 Å². The molecule has 2 rings (SSSR count). The number of azo groups is 1. The van der Waals surface area contributed by atoms with Crippen LogP contribution in [0.3, 0.4) is 0 Å². The number of fused-ring (bicyclic) bond motifs is 1. The van der Waals surface area contributed by atoms with E-state index in [4.69, 9.17) is 5.73 Å². The van der Waals surface area contributed by atoms with Crippen molar-refractivity contribution in [2.24, 2.45) is 21.9 Å². The summed E-state index contributed by atoms with van der Waals surface area (Å²) in [5.74, 6) is 0.433. The van der Waals surface area contributed by atoms with Crippen LogP contribution in [0.5, 0.6) is 0 Å². The first-order chi connectivity index (χ1) is 5.27. The van der Waals surface area contributed by atoms with Crippen LogP contribution in [-0.4, -0.2) is 36.6 Å². The number of hydrogen-bond donors (Lipinski definition) is 1. The minimum atomic E-state index is -0.338. The molecule has 5 nitrogen and oxygen atoms in total. The highest BCUT2D eigenvalue weighted by molar-refractivity contribution is 5.72. The first kappa shape index (κ1) is 6.57. The maximum Gasteiger partial charge on any atom is 0.314 e. The highest BCUT2D eigenvalue weighted by Gasteiger charge is 2.37.